The van der Waals surface area contributed by atoms with E-state index >= 15 is 0 Å². The molecule has 2 heterocycles. The monoisotopic (exact) mass is 362 g/mol. The first-order valence-corrected chi connectivity index (χ1v) is 9.27. The summed E-state index contributed by atoms with van der Waals surface area (Å²) in [6.07, 6.45) is 0. The first-order valence-electron chi connectivity index (χ1n) is 8.39. The zero-order valence-electron chi connectivity index (χ0n) is 14.6. The normalized spacial score (nSPS) is 11.0. The number of furan rings is 1. The third-order valence-corrected chi connectivity index (χ3v) is 5.27. The van der Waals surface area contributed by atoms with E-state index in [1.807, 2.05) is 36.6 Å². The zero-order valence-corrected chi connectivity index (χ0v) is 15.4. The summed E-state index contributed by atoms with van der Waals surface area (Å²) in [6, 6.07) is 15.9. The Kier molecular flexibility index (Phi) is 4.31. The van der Waals surface area contributed by atoms with E-state index in [9.17, 15) is 4.79 Å². The molecule has 0 radical (unpaired) electrons. The quantitative estimate of drug-likeness (QED) is 0.549. The van der Waals surface area contributed by atoms with Crippen molar-refractivity contribution >= 4 is 28.2 Å². The van der Waals surface area contributed by atoms with Crippen molar-refractivity contribution in [2.45, 2.75) is 20.4 Å². The Morgan fingerprint density at radius 1 is 1.12 bits per heavy atom. The number of para-hydroxylation sites is 1. The smallest absolute Gasteiger partial charge is 0.287 e. The van der Waals surface area contributed by atoms with Gasteiger partial charge in [0, 0.05) is 21.9 Å². The van der Waals surface area contributed by atoms with E-state index in [0.717, 1.165) is 32.8 Å². The molecule has 0 spiro atoms. The summed E-state index contributed by atoms with van der Waals surface area (Å²) >= 11 is 1.58. The molecular weight excluding hydrogens is 344 g/mol. The van der Waals surface area contributed by atoms with E-state index in [1.54, 1.807) is 11.3 Å². The first-order chi connectivity index (χ1) is 12.6. The van der Waals surface area contributed by atoms with Gasteiger partial charge in [-0.3, -0.25) is 4.79 Å². The van der Waals surface area contributed by atoms with E-state index in [4.69, 9.17) is 4.42 Å². The largest absolute Gasteiger partial charge is 0.451 e. The summed E-state index contributed by atoms with van der Waals surface area (Å²) in [6.45, 7) is 4.34. The van der Waals surface area contributed by atoms with Crippen molar-refractivity contribution in [3.8, 4) is 10.6 Å². The molecular formula is C21H18N2O2S. The molecule has 0 fully saturated rings. The molecule has 1 amide bonds. The van der Waals surface area contributed by atoms with E-state index in [-0.39, 0.29) is 5.91 Å². The van der Waals surface area contributed by atoms with Crippen LogP contribution in [-0.2, 0) is 6.54 Å². The predicted octanol–water partition coefficient (Wildman–Crippen LogP) is 5.10. The molecule has 130 valence electrons. The number of benzene rings is 2. The van der Waals surface area contributed by atoms with Gasteiger partial charge in [0.2, 0.25) is 0 Å². The Bertz CT molecular complexity index is 1080. The number of aryl methyl sites for hydroxylation is 2. The second-order valence-electron chi connectivity index (χ2n) is 6.25. The average molecular weight is 362 g/mol. The number of nitrogens with zero attached hydrogens (tertiary/aromatic N) is 1. The molecule has 4 rings (SSSR count). The number of carbonyl (C=O) groups excluding carboxylic acids is 1. The van der Waals surface area contributed by atoms with Gasteiger partial charge in [-0.15, -0.1) is 11.3 Å². The van der Waals surface area contributed by atoms with Crippen LogP contribution in [0.3, 0.4) is 0 Å². The van der Waals surface area contributed by atoms with Gasteiger partial charge in [0.05, 0.1) is 12.2 Å². The molecule has 4 nitrogen and oxygen atoms in total. The van der Waals surface area contributed by atoms with Crippen LogP contribution in [0.4, 0.5) is 0 Å². The highest BCUT2D eigenvalue weighted by Crippen LogP contribution is 2.26. The number of rotatable bonds is 4. The van der Waals surface area contributed by atoms with Gasteiger partial charge in [-0.2, -0.15) is 0 Å². The minimum absolute atomic E-state index is 0.219. The van der Waals surface area contributed by atoms with E-state index in [2.05, 4.69) is 41.5 Å². The Hall–Kier alpha value is -2.92. The van der Waals surface area contributed by atoms with E-state index in [0.29, 0.717) is 12.3 Å². The fourth-order valence-electron chi connectivity index (χ4n) is 2.86. The standard InChI is InChI=1S/C21H18N2O2S/c1-13-7-9-15(10-8-13)21-23-16(12-26-21)11-22-20(24)19-14(2)17-5-3-4-6-18(17)25-19/h3-10,12H,11H2,1-2H3,(H,22,24). The number of thiazole rings is 1. The van der Waals surface area contributed by atoms with Crippen molar-refractivity contribution < 1.29 is 9.21 Å². The van der Waals surface area contributed by atoms with Crippen molar-refractivity contribution in [3.63, 3.8) is 0 Å². The maximum absolute atomic E-state index is 12.5. The number of amides is 1. The second kappa shape index (κ2) is 6.77. The average Bonchev–Trinajstić information content (AvgIpc) is 3.26. The summed E-state index contributed by atoms with van der Waals surface area (Å²) in [4.78, 5) is 17.1. The second-order valence-corrected chi connectivity index (χ2v) is 7.10. The number of carbonyl (C=O) groups is 1. The van der Waals surface area contributed by atoms with Gasteiger partial charge in [0.15, 0.2) is 5.76 Å². The zero-order chi connectivity index (χ0) is 18.1. The molecule has 26 heavy (non-hydrogen) atoms. The lowest BCUT2D eigenvalue weighted by atomic mass is 10.1. The molecule has 0 aliphatic rings. The lowest BCUT2D eigenvalue weighted by molar-refractivity contribution is 0.0924. The third-order valence-electron chi connectivity index (χ3n) is 4.33. The predicted molar refractivity (Wildman–Crippen MR) is 104 cm³/mol. The van der Waals surface area contributed by atoms with Crippen LogP contribution in [0, 0.1) is 13.8 Å². The SMILES string of the molecule is Cc1ccc(-c2nc(CNC(=O)c3oc4ccccc4c3C)cs2)cc1. The molecule has 0 aliphatic heterocycles. The number of hydrogen-bond donors (Lipinski definition) is 1. The summed E-state index contributed by atoms with van der Waals surface area (Å²) < 4.78 is 5.70. The minimum atomic E-state index is -0.219. The van der Waals surface area contributed by atoms with Crippen LogP contribution in [-0.4, -0.2) is 10.9 Å². The van der Waals surface area contributed by atoms with Gasteiger partial charge in [-0.25, -0.2) is 4.98 Å². The summed E-state index contributed by atoms with van der Waals surface area (Å²) in [5.74, 6) is 0.142. The van der Waals surface area contributed by atoms with Crippen LogP contribution in [0.5, 0.6) is 0 Å². The van der Waals surface area contributed by atoms with E-state index < -0.39 is 0 Å². The lowest BCUT2D eigenvalue weighted by Gasteiger charge is -2.01. The van der Waals surface area contributed by atoms with Gasteiger partial charge in [0.25, 0.3) is 5.91 Å². The van der Waals surface area contributed by atoms with Crippen LogP contribution in [0.2, 0.25) is 0 Å². The Labute approximate surface area is 155 Å². The van der Waals surface area contributed by atoms with Crippen LogP contribution >= 0.6 is 11.3 Å². The van der Waals surface area contributed by atoms with Crippen molar-refractivity contribution in [2.24, 2.45) is 0 Å². The molecule has 0 bridgehead atoms. The number of hydrogen-bond acceptors (Lipinski definition) is 4. The Morgan fingerprint density at radius 3 is 2.65 bits per heavy atom. The maximum Gasteiger partial charge on any atom is 0.287 e. The van der Waals surface area contributed by atoms with Gasteiger partial charge >= 0.3 is 0 Å². The fourth-order valence-corrected chi connectivity index (χ4v) is 3.68. The number of aromatic nitrogens is 1. The topological polar surface area (TPSA) is 55.1 Å². The Balaban J connectivity index is 1.47. The lowest BCUT2D eigenvalue weighted by Crippen LogP contribution is -2.23. The van der Waals surface area contributed by atoms with Crippen molar-refractivity contribution in [3.05, 3.63) is 76.5 Å². The number of fused-ring (bicyclic) bond motifs is 1. The van der Waals surface area contributed by atoms with Crippen LogP contribution in [0.15, 0.2) is 58.3 Å². The molecule has 5 heteroatoms. The van der Waals surface area contributed by atoms with Crippen LogP contribution in [0.25, 0.3) is 21.5 Å². The third kappa shape index (κ3) is 3.13. The molecule has 0 saturated carbocycles. The minimum Gasteiger partial charge on any atom is -0.451 e. The highest BCUT2D eigenvalue weighted by Gasteiger charge is 2.17. The molecule has 2 aromatic heterocycles. The van der Waals surface area contributed by atoms with E-state index in [1.165, 1.54) is 5.56 Å². The molecule has 0 unspecified atom stereocenters. The maximum atomic E-state index is 12.5. The number of nitrogens with one attached hydrogen (secondary N) is 1. The van der Waals surface area contributed by atoms with Crippen molar-refractivity contribution in [1.82, 2.24) is 10.3 Å². The van der Waals surface area contributed by atoms with Gasteiger partial charge in [-0.05, 0) is 19.9 Å². The fraction of sp³-hybridized carbons (Fsp3) is 0.143. The molecule has 0 saturated heterocycles. The molecule has 0 aliphatic carbocycles. The van der Waals surface area contributed by atoms with Crippen molar-refractivity contribution in [2.75, 3.05) is 0 Å². The van der Waals surface area contributed by atoms with Gasteiger partial charge in [-0.1, -0.05) is 48.0 Å². The first kappa shape index (κ1) is 16.5. The summed E-state index contributed by atoms with van der Waals surface area (Å²) in [5.41, 5.74) is 4.74. The highest BCUT2D eigenvalue weighted by molar-refractivity contribution is 7.13. The van der Waals surface area contributed by atoms with Crippen LogP contribution < -0.4 is 5.32 Å². The Morgan fingerprint density at radius 2 is 1.88 bits per heavy atom. The molecule has 2 aromatic carbocycles. The van der Waals surface area contributed by atoms with Gasteiger partial charge < -0.3 is 9.73 Å². The summed E-state index contributed by atoms with van der Waals surface area (Å²) in [7, 11) is 0. The van der Waals surface area contributed by atoms with Crippen molar-refractivity contribution in [1.29, 1.82) is 0 Å². The highest BCUT2D eigenvalue weighted by atomic mass is 32.1. The molecule has 0 atom stereocenters. The summed E-state index contributed by atoms with van der Waals surface area (Å²) in [5, 5.41) is 6.79. The molecule has 1 N–H and O–H groups in total. The van der Waals surface area contributed by atoms with Crippen LogP contribution in [0.1, 0.15) is 27.4 Å². The molecule has 4 aromatic rings. The van der Waals surface area contributed by atoms with Gasteiger partial charge in [0.1, 0.15) is 10.6 Å².